The van der Waals surface area contributed by atoms with Gasteiger partial charge in [0.15, 0.2) is 23.4 Å². The van der Waals surface area contributed by atoms with Crippen LogP contribution in [-0.4, -0.2) is 68.1 Å². The molecule has 1 amide bonds. The van der Waals surface area contributed by atoms with E-state index in [9.17, 15) is 9.59 Å². The quantitative estimate of drug-likeness (QED) is 0.776. The number of piperidine rings is 1. The highest BCUT2D eigenvalue weighted by Gasteiger charge is 2.66. The molecule has 1 spiro atoms. The molecule has 2 aliphatic carbocycles. The van der Waals surface area contributed by atoms with Gasteiger partial charge in [-0.25, -0.2) is 4.79 Å². The van der Waals surface area contributed by atoms with E-state index < -0.39 is 6.10 Å². The maximum Gasteiger partial charge on any atom is 0.414 e. The predicted octanol–water partition coefficient (Wildman–Crippen LogP) is 2.38. The molecule has 0 radical (unpaired) electrons. The number of Topliss-reactive ketones (excluding diaryl/α,β-unsaturated/α-hetero) is 1. The highest BCUT2D eigenvalue weighted by molar-refractivity contribution is 5.89. The van der Waals surface area contributed by atoms with Crippen LogP contribution in [0.4, 0.5) is 4.79 Å². The van der Waals surface area contributed by atoms with Crippen LogP contribution in [0.25, 0.3) is 0 Å². The summed E-state index contributed by atoms with van der Waals surface area (Å²) in [7, 11) is 5.46. The maximum absolute atomic E-state index is 12.9. The molecule has 1 aromatic carbocycles. The topological polar surface area (TPSA) is 68.3 Å². The molecule has 7 nitrogen and oxygen atoms in total. The molecule has 2 heterocycles. The van der Waals surface area contributed by atoms with Crippen LogP contribution in [0.1, 0.15) is 37.3 Å². The minimum atomic E-state index is -0.454. The number of rotatable bonds is 3. The van der Waals surface area contributed by atoms with Crippen LogP contribution >= 0.6 is 0 Å². The molecule has 4 aliphatic rings. The Balaban J connectivity index is 1.71. The number of hydrogen-bond acceptors (Lipinski definition) is 6. The van der Waals surface area contributed by atoms with Gasteiger partial charge in [0.05, 0.1) is 7.11 Å². The van der Waals surface area contributed by atoms with Gasteiger partial charge in [0.25, 0.3) is 0 Å². The lowest BCUT2D eigenvalue weighted by Crippen LogP contribution is -2.65. The van der Waals surface area contributed by atoms with E-state index in [4.69, 9.17) is 14.2 Å². The van der Waals surface area contributed by atoms with Crippen LogP contribution in [0.15, 0.2) is 6.07 Å². The van der Waals surface area contributed by atoms with Crippen molar-refractivity contribution in [3.05, 3.63) is 17.2 Å². The minimum Gasteiger partial charge on any atom is -0.493 e. The molecule has 4 atom stereocenters. The van der Waals surface area contributed by atoms with E-state index in [0.29, 0.717) is 42.2 Å². The standard InChI is InChI=1S/C22H28N2O5/c1-5-23(2)21(26)28-16-11-17(27-4)19-18-12(16)10-14-13-6-7-15(25)20(29-19)22(13,18)8-9-24(14)3/h11,13-14,20H,5-10H2,1-4H3/t13-,14+,20-,22-/m0/s1. The highest BCUT2D eigenvalue weighted by Crippen LogP contribution is 2.64. The third kappa shape index (κ3) is 2.34. The van der Waals surface area contributed by atoms with Crippen molar-refractivity contribution in [2.24, 2.45) is 5.92 Å². The summed E-state index contributed by atoms with van der Waals surface area (Å²) in [6.07, 6.45) is 2.27. The summed E-state index contributed by atoms with van der Waals surface area (Å²) in [5.41, 5.74) is 1.73. The molecular formula is C22H28N2O5. The van der Waals surface area contributed by atoms with Crippen molar-refractivity contribution in [1.29, 1.82) is 0 Å². The number of carbonyl (C=O) groups is 2. The minimum absolute atomic E-state index is 0.180. The Morgan fingerprint density at radius 3 is 2.93 bits per heavy atom. The highest BCUT2D eigenvalue weighted by atomic mass is 16.6. The summed E-state index contributed by atoms with van der Waals surface area (Å²) >= 11 is 0. The van der Waals surface area contributed by atoms with Gasteiger partial charge in [0, 0.05) is 48.7 Å². The second-order valence-electron chi connectivity index (χ2n) is 8.79. The van der Waals surface area contributed by atoms with Crippen LogP contribution in [0, 0.1) is 5.92 Å². The largest absolute Gasteiger partial charge is 0.493 e. The van der Waals surface area contributed by atoms with Crippen molar-refractivity contribution in [3.8, 4) is 17.2 Å². The Morgan fingerprint density at radius 2 is 2.21 bits per heavy atom. The summed E-state index contributed by atoms with van der Waals surface area (Å²) in [6, 6.07) is 2.07. The summed E-state index contributed by atoms with van der Waals surface area (Å²) in [5.74, 6) is 2.30. The first-order valence-electron chi connectivity index (χ1n) is 10.5. The fraction of sp³-hybridized carbons (Fsp3) is 0.636. The second-order valence-corrected chi connectivity index (χ2v) is 8.79. The summed E-state index contributed by atoms with van der Waals surface area (Å²) in [6.45, 7) is 3.40. The summed E-state index contributed by atoms with van der Waals surface area (Å²) < 4.78 is 17.8. The van der Waals surface area contributed by atoms with Crippen molar-refractivity contribution in [2.75, 3.05) is 34.3 Å². The lowest BCUT2D eigenvalue weighted by Gasteiger charge is -2.57. The molecule has 2 fully saturated rings. The Hall–Kier alpha value is -2.28. The molecule has 0 unspecified atom stereocenters. The number of nitrogens with zero attached hydrogens (tertiary/aromatic N) is 2. The van der Waals surface area contributed by atoms with Crippen LogP contribution in [0.2, 0.25) is 0 Å². The van der Waals surface area contributed by atoms with Gasteiger partial charge >= 0.3 is 6.09 Å². The fourth-order valence-corrected chi connectivity index (χ4v) is 6.10. The van der Waals surface area contributed by atoms with Crippen LogP contribution in [0.5, 0.6) is 17.2 Å². The number of likely N-dealkylation sites (N-methyl/N-ethyl adjacent to an activating group) is 1. The lowest BCUT2D eigenvalue weighted by molar-refractivity contribution is -0.138. The monoisotopic (exact) mass is 400 g/mol. The molecule has 7 heteroatoms. The zero-order valence-corrected chi connectivity index (χ0v) is 17.5. The molecule has 2 bridgehead atoms. The van der Waals surface area contributed by atoms with Gasteiger partial charge < -0.3 is 24.0 Å². The van der Waals surface area contributed by atoms with E-state index in [1.54, 1.807) is 20.2 Å². The third-order valence-electron chi connectivity index (χ3n) is 7.66. The third-order valence-corrected chi connectivity index (χ3v) is 7.66. The molecule has 1 aromatic rings. The molecule has 1 saturated carbocycles. The van der Waals surface area contributed by atoms with Gasteiger partial charge in [-0.05, 0) is 45.7 Å². The zero-order valence-electron chi connectivity index (χ0n) is 17.5. The van der Waals surface area contributed by atoms with Gasteiger partial charge in [-0.15, -0.1) is 0 Å². The van der Waals surface area contributed by atoms with Crippen molar-refractivity contribution < 1.29 is 23.8 Å². The molecule has 1 saturated heterocycles. The van der Waals surface area contributed by atoms with Crippen molar-refractivity contribution in [1.82, 2.24) is 9.80 Å². The molecule has 156 valence electrons. The van der Waals surface area contributed by atoms with E-state index in [2.05, 4.69) is 11.9 Å². The summed E-state index contributed by atoms with van der Waals surface area (Å²) in [5, 5.41) is 0. The van der Waals surface area contributed by atoms with Crippen molar-refractivity contribution in [3.63, 3.8) is 0 Å². The molecule has 0 N–H and O–H groups in total. The maximum atomic E-state index is 12.9. The van der Waals surface area contributed by atoms with Crippen molar-refractivity contribution >= 4 is 11.9 Å². The predicted molar refractivity (Wildman–Crippen MR) is 106 cm³/mol. The van der Waals surface area contributed by atoms with Crippen LogP contribution < -0.4 is 14.2 Å². The molecular weight excluding hydrogens is 372 g/mol. The van der Waals surface area contributed by atoms with Gasteiger partial charge in [0.1, 0.15) is 5.75 Å². The second kappa shape index (κ2) is 6.36. The average molecular weight is 400 g/mol. The van der Waals surface area contributed by atoms with E-state index in [-0.39, 0.29) is 17.3 Å². The first-order valence-corrected chi connectivity index (χ1v) is 10.5. The number of methoxy groups -OCH3 is 1. The van der Waals surface area contributed by atoms with E-state index in [0.717, 1.165) is 36.9 Å². The van der Waals surface area contributed by atoms with E-state index in [1.165, 1.54) is 4.90 Å². The fourth-order valence-electron chi connectivity index (χ4n) is 6.10. The van der Waals surface area contributed by atoms with Gasteiger partial charge in [-0.2, -0.15) is 0 Å². The lowest BCUT2D eigenvalue weighted by atomic mass is 9.51. The number of hydrogen-bond donors (Lipinski definition) is 0. The molecule has 0 aromatic heterocycles. The van der Waals surface area contributed by atoms with Gasteiger partial charge in [-0.1, -0.05) is 0 Å². The van der Waals surface area contributed by atoms with E-state index in [1.807, 2.05) is 6.92 Å². The number of amides is 1. The Bertz CT molecular complexity index is 900. The first-order chi connectivity index (χ1) is 13.9. The van der Waals surface area contributed by atoms with Crippen LogP contribution in [0.3, 0.4) is 0 Å². The smallest absolute Gasteiger partial charge is 0.414 e. The first kappa shape index (κ1) is 18.7. The average Bonchev–Trinajstić information content (AvgIpc) is 3.07. The van der Waals surface area contributed by atoms with E-state index >= 15 is 0 Å². The molecule has 2 aliphatic heterocycles. The van der Waals surface area contributed by atoms with Crippen LogP contribution in [-0.2, 0) is 16.6 Å². The molecule has 29 heavy (non-hydrogen) atoms. The van der Waals surface area contributed by atoms with Gasteiger partial charge in [-0.3, -0.25) is 4.79 Å². The Labute approximate surface area is 170 Å². The Morgan fingerprint density at radius 1 is 1.41 bits per heavy atom. The normalized spacial score (nSPS) is 31.7. The molecule has 5 rings (SSSR count). The number of benzene rings is 1. The van der Waals surface area contributed by atoms with Gasteiger partial charge in [0.2, 0.25) is 0 Å². The zero-order chi connectivity index (χ0) is 20.5. The van der Waals surface area contributed by atoms with Crippen molar-refractivity contribution in [2.45, 2.75) is 50.2 Å². The number of ether oxygens (including phenoxy) is 3. The summed E-state index contributed by atoms with van der Waals surface area (Å²) in [4.78, 5) is 29.4. The SMILES string of the molecule is CCN(C)C(=O)Oc1cc(OC)c2c3c1C[C@@H]1[C@@H]4CCC(=O)[C@H](O2)[C@]34CCN1C. The number of likely N-dealkylation sites (tertiary alicyclic amines) is 1. The number of ketones is 1. The number of carbonyl (C=O) groups excluding carboxylic acids is 2. The Kier molecular flexibility index (Phi) is 4.11.